The van der Waals surface area contributed by atoms with Crippen molar-refractivity contribution in [3.05, 3.63) is 51.9 Å². The van der Waals surface area contributed by atoms with Crippen molar-refractivity contribution in [3.8, 4) is 0 Å². The molecule has 0 radical (unpaired) electrons. The minimum atomic E-state index is -3.63. The van der Waals surface area contributed by atoms with Crippen molar-refractivity contribution < 1.29 is 12.8 Å². The molecule has 0 aliphatic carbocycles. The van der Waals surface area contributed by atoms with E-state index in [1.54, 1.807) is 18.2 Å². The highest BCUT2D eigenvalue weighted by atomic mass is 79.9. The number of nitrogens with one attached hydrogen (secondary N) is 1. The van der Waals surface area contributed by atoms with Crippen LogP contribution < -0.4 is 10.5 Å². The molecule has 1 aromatic carbocycles. The lowest BCUT2D eigenvalue weighted by atomic mass is 10.1. The van der Waals surface area contributed by atoms with Gasteiger partial charge in [-0.15, -0.1) is 0 Å². The average molecular weight is 359 g/mol. The number of halogens is 1. The predicted octanol–water partition coefficient (Wildman–Crippen LogP) is 2.29. The molecule has 0 fully saturated rings. The van der Waals surface area contributed by atoms with Crippen LogP contribution in [0, 0.1) is 6.92 Å². The second kappa shape index (κ2) is 6.09. The van der Waals surface area contributed by atoms with Gasteiger partial charge >= 0.3 is 0 Å². The molecule has 108 valence electrons. The first-order valence-electron chi connectivity index (χ1n) is 5.95. The largest absolute Gasteiger partial charge is 0.468 e. The van der Waals surface area contributed by atoms with Gasteiger partial charge < -0.3 is 10.2 Å². The van der Waals surface area contributed by atoms with E-state index in [9.17, 15) is 8.42 Å². The zero-order chi connectivity index (χ0) is 14.8. The SMILES string of the molecule is Cc1cc(CN)cc(S(=O)(=O)NCc2ccco2)c1Br. The first-order valence-corrected chi connectivity index (χ1v) is 8.23. The smallest absolute Gasteiger partial charge is 0.242 e. The molecule has 0 aliphatic rings. The molecule has 7 heteroatoms. The van der Waals surface area contributed by atoms with Crippen LogP contribution in [0.2, 0.25) is 0 Å². The topological polar surface area (TPSA) is 85.3 Å². The molecule has 2 rings (SSSR count). The molecule has 0 spiro atoms. The summed E-state index contributed by atoms with van der Waals surface area (Å²) < 4.78 is 32.8. The summed E-state index contributed by atoms with van der Waals surface area (Å²) in [5, 5.41) is 0. The molecule has 1 aromatic heterocycles. The monoisotopic (exact) mass is 358 g/mol. The van der Waals surface area contributed by atoms with Gasteiger partial charge in [-0.25, -0.2) is 13.1 Å². The van der Waals surface area contributed by atoms with Gasteiger partial charge in [0.25, 0.3) is 0 Å². The third-order valence-electron chi connectivity index (χ3n) is 2.82. The van der Waals surface area contributed by atoms with Gasteiger partial charge in [0.05, 0.1) is 17.7 Å². The Morgan fingerprint density at radius 3 is 2.75 bits per heavy atom. The second-order valence-electron chi connectivity index (χ2n) is 4.33. The lowest BCUT2D eigenvalue weighted by Gasteiger charge is -2.11. The van der Waals surface area contributed by atoms with E-state index in [0.29, 0.717) is 10.2 Å². The van der Waals surface area contributed by atoms with Crippen LogP contribution in [0.3, 0.4) is 0 Å². The van der Waals surface area contributed by atoms with E-state index in [1.807, 2.05) is 13.0 Å². The number of furan rings is 1. The molecular formula is C13H15BrN2O3S. The summed E-state index contributed by atoms with van der Waals surface area (Å²) in [5.41, 5.74) is 7.18. The third-order valence-corrected chi connectivity index (χ3v) is 5.56. The van der Waals surface area contributed by atoms with Gasteiger partial charge in [-0.1, -0.05) is 6.07 Å². The highest BCUT2D eigenvalue weighted by Gasteiger charge is 2.20. The Bertz CT molecular complexity index is 697. The van der Waals surface area contributed by atoms with Crippen molar-refractivity contribution in [2.45, 2.75) is 24.9 Å². The molecule has 0 atom stereocenters. The Hall–Kier alpha value is -1.15. The fourth-order valence-electron chi connectivity index (χ4n) is 1.78. The van der Waals surface area contributed by atoms with Crippen molar-refractivity contribution in [2.75, 3.05) is 0 Å². The van der Waals surface area contributed by atoms with Crippen LogP contribution in [-0.4, -0.2) is 8.42 Å². The van der Waals surface area contributed by atoms with Crippen molar-refractivity contribution in [2.24, 2.45) is 5.73 Å². The number of hydrogen-bond donors (Lipinski definition) is 2. The van der Waals surface area contributed by atoms with Crippen molar-refractivity contribution in [1.29, 1.82) is 0 Å². The van der Waals surface area contributed by atoms with Crippen molar-refractivity contribution in [3.63, 3.8) is 0 Å². The maximum atomic E-state index is 12.3. The first-order chi connectivity index (χ1) is 9.44. The lowest BCUT2D eigenvalue weighted by molar-refractivity contribution is 0.498. The zero-order valence-corrected chi connectivity index (χ0v) is 13.3. The third kappa shape index (κ3) is 3.29. The number of rotatable bonds is 5. The van der Waals surface area contributed by atoms with Crippen LogP contribution in [0.4, 0.5) is 0 Å². The minimum absolute atomic E-state index is 0.105. The summed E-state index contributed by atoms with van der Waals surface area (Å²) in [6.45, 7) is 2.22. The number of benzene rings is 1. The predicted molar refractivity (Wildman–Crippen MR) is 79.5 cm³/mol. The Labute approximate surface area is 126 Å². The molecule has 3 N–H and O–H groups in total. The number of aryl methyl sites for hydroxylation is 1. The van der Waals surface area contributed by atoms with E-state index in [4.69, 9.17) is 10.2 Å². The van der Waals surface area contributed by atoms with Crippen LogP contribution >= 0.6 is 15.9 Å². The number of sulfonamides is 1. The van der Waals surface area contributed by atoms with Crippen molar-refractivity contribution >= 4 is 26.0 Å². The fourth-order valence-corrected chi connectivity index (χ4v) is 3.84. The van der Waals surface area contributed by atoms with E-state index in [0.717, 1.165) is 11.1 Å². The van der Waals surface area contributed by atoms with E-state index < -0.39 is 10.0 Å². The molecule has 0 bridgehead atoms. The molecule has 20 heavy (non-hydrogen) atoms. The van der Waals surface area contributed by atoms with E-state index in [1.165, 1.54) is 6.26 Å². The molecule has 0 unspecified atom stereocenters. The Kier molecular flexibility index (Phi) is 4.64. The fraction of sp³-hybridized carbons (Fsp3) is 0.231. The average Bonchev–Trinajstić information content (AvgIpc) is 2.92. The molecule has 2 aromatic rings. The molecule has 1 heterocycles. The van der Waals surface area contributed by atoms with Crippen molar-refractivity contribution in [1.82, 2.24) is 4.72 Å². The van der Waals surface area contributed by atoms with Crippen LogP contribution in [0.5, 0.6) is 0 Å². The Balaban J connectivity index is 2.31. The van der Waals surface area contributed by atoms with Gasteiger partial charge in [-0.2, -0.15) is 0 Å². The number of hydrogen-bond acceptors (Lipinski definition) is 4. The van der Waals surface area contributed by atoms with Gasteiger partial charge in [0.2, 0.25) is 10.0 Å². The quantitative estimate of drug-likeness (QED) is 0.858. The van der Waals surface area contributed by atoms with Gasteiger partial charge in [0.1, 0.15) is 5.76 Å². The summed E-state index contributed by atoms with van der Waals surface area (Å²) in [7, 11) is -3.63. The molecular weight excluding hydrogens is 344 g/mol. The maximum Gasteiger partial charge on any atom is 0.242 e. The summed E-state index contributed by atoms with van der Waals surface area (Å²) in [6.07, 6.45) is 1.50. The molecule has 0 saturated carbocycles. The molecule has 0 amide bonds. The Morgan fingerprint density at radius 1 is 1.40 bits per heavy atom. The van der Waals surface area contributed by atoms with Gasteiger partial charge in [-0.3, -0.25) is 0 Å². The maximum absolute atomic E-state index is 12.3. The van der Waals surface area contributed by atoms with E-state index in [2.05, 4.69) is 20.7 Å². The first kappa shape index (κ1) is 15.2. The van der Waals surface area contributed by atoms with E-state index >= 15 is 0 Å². The molecule has 0 saturated heterocycles. The van der Waals surface area contributed by atoms with Crippen LogP contribution in [0.1, 0.15) is 16.9 Å². The van der Waals surface area contributed by atoms with Gasteiger partial charge in [0.15, 0.2) is 0 Å². The summed E-state index contributed by atoms with van der Waals surface area (Å²) >= 11 is 3.31. The van der Waals surface area contributed by atoms with Gasteiger partial charge in [0, 0.05) is 11.0 Å². The second-order valence-corrected chi connectivity index (χ2v) is 6.86. The van der Waals surface area contributed by atoms with Crippen LogP contribution in [-0.2, 0) is 23.1 Å². The number of nitrogens with two attached hydrogens (primary N) is 1. The summed E-state index contributed by atoms with van der Waals surface area (Å²) in [4.78, 5) is 0.185. The highest BCUT2D eigenvalue weighted by molar-refractivity contribution is 9.10. The van der Waals surface area contributed by atoms with Crippen LogP contribution in [0.15, 0.2) is 44.3 Å². The van der Waals surface area contributed by atoms with Gasteiger partial charge in [-0.05, 0) is 52.2 Å². The Morgan fingerprint density at radius 2 is 2.15 bits per heavy atom. The molecule has 0 aliphatic heterocycles. The normalized spacial score (nSPS) is 11.8. The molecule has 5 nitrogen and oxygen atoms in total. The van der Waals surface area contributed by atoms with E-state index in [-0.39, 0.29) is 18.0 Å². The van der Waals surface area contributed by atoms with Crippen LogP contribution in [0.25, 0.3) is 0 Å². The standard InChI is InChI=1S/C13H15BrN2O3S/c1-9-5-10(7-15)6-12(13(9)14)20(17,18)16-8-11-3-2-4-19-11/h2-6,16H,7-8,15H2,1H3. The summed E-state index contributed by atoms with van der Waals surface area (Å²) in [6, 6.07) is 6.84. The lowest BCUT2D eigenvalue weighted by Crippen LogP contribution is -2.24. The summed E-state index contributed by atoms with van der Waals surface area (Å²) in [5.74, 6) is 0.552. The highest BCUT2D eigenvalue weighted by Crippen LogP contribution is 2.27. The minimum Gasteiger partial charge on any atom is -0.468 e. The zero-order valence-electron chi connectivity index (χ0n) is 10.9.